The maximum atomic E-state index is 4.93. The summed E-state index contributed by atoms with van der Waals surface area (Å²) in [7, 11) is 6.90. The molecule has 0 N–H and O–H groups in total. The summed E-state index contributed by atoms with van der Waals surface area (Å²) in [5.74, 6) is 6.02. The SMILES string of the molecule is CC1=Cc2c(Br)cccc2C1[Si](C)(C)C1C(C)=Cc2c(Br)cccc21.CC1CC2C(Br)CCCC2C1[Si](C)(C)C1C(C)CC2C(Br)CCCC21.[CH3-].[CH3-].[Cl][Zr+2][Cl]. The van der Waals surface area contributed by atoms with Crippen LogP contribution < -0.4 is 0 Å². The van der Waals surface area contributed by atoms with Crippen molar-refractivity contribution in [2.24, 2.45) is 35.5 Å². The molecule has 4 saturated carbocycles. The van der Waals surface area contributed by atoms with Crippen LogP contribution in [0.4, 0.5) is 0 Å². The molecule has 9 heteroatoms. The zero-order valence-electron chi connectivity index (χ0n) is 35.0. The Morgan fingerprint density at radius 3 is 1.33 bits per heavy atom. The van der Waals surface area contributed by atoms with E-state index < -0.39 is 37.0 Å². The van der Waals surface area contributed by atoms with Gasteiger partial charge >= 0.3 is 37.9 Å². The van der Waals surface area contributed by atoms with E-state index in [0.717, 1.165) is 56.2 Å². The predicted octanol–water partition coefficient (Wildman–Crippen LogP) is 17.9. The van der Waals surface area contributed by atoms with Gasteiger partial charge in [0.1, 0.15) is 0 Å². The van der Waals surface area contributed by atoms with E-state index in [1.165, 1.54) is 93.7 Å². The Hall–Kier alpha value is 1.74. The molecule has 0 saturated heterocycles. The molecule has 8 rings (SSSR count). The molecule has 0 radical (unpaired) electrons. The molecule has 0 nitrogen and oxygen atoms in total. The van der Waals surface area contributed by atoms with E-state index >= 15 is 0 Å². The van der Waals surface area contributed by atoms with Gasteiger partial charge in [0.25, 0.3) is 0 Å². The van der Waals surface area contributed by atoms with Crippen LogP contribution in [0.25, 0.3) is 12.2 Å². The molecule has 0 spiro atoms. The summed E-state index contributed by atoms with van der Waals surface area (Å²) in [6, 6.07) is 13.4. The number of fused-ring (bicyclic) bond motifs is 4. The molecule has 2 aromatic rings. The first kappa shape index (κ1) is 49.4. The molecule has 12 atom stereocenters. The van der Waals surface area contributed by atoms with Crippen LogP contribution in [0.5, 0.6) is 0 Å². The number of allylic oxidation sites excluding steroid dienone is 2. The van der Waals surface area contributed by atoms with Crippen molar-refractivity contribution in [1.82, 2.24) is 0 Å². The van der Waals surface area contributed by atoms with E-state index in [2.05, 4.69) is 166 Å². The normalized spacial score (nSPS) is 34.4. The predicted molar refractivity (Wildman–Crippen MR) is 263 cm³/mol. The van der Waals surface area contributed by atoms with E-state index in [4.69, 9.17) is 17.0 Å². The van der Waals surface area contributed by atoms with Gasteiger partial charge < -0.3 is 14.9 Å². The number of benzene rings is 2. The quantitative estimate of drug-likeness (QED) is 0.163. The van der Waals surface area contributed by atoms with Gasteiger partial charge in [-0.05, 0) is 121 Å². The van der Waals surface area contributed by atoms with Crippen molar-refractivity contribution in [3.63, 3.8) is 0 Å². The Bertz CT molecular complexity index is 1580. The van der Waals surface area contributed by atoms with Crippen molar-refractivity contribution in [1.29, 1.82) is 0 Å². The van der Waals surface area contributed by atoms with Crippen LogP contribution in [-0.2, 0) is 20.8 Å². The average molecular weight is 1160 g/mol. The second-order valence-electron chi connectivity index (χ2n) is 18.9. The fourth-order valence-corrected chi connectivity index (χ4v) is 28.5. The molecule has 6 aliphatic carbocycles. The van der Waals surface area contributed by atoms with Crippen molar-refractivity contribution < 1.29 is 20.8 Å². The molecule has 55 heavy (non-hydrogen) atoms. The Balaban J connectivity index is 0.000000221. The zero-order valence-corrected chi connectivity index (χ0v) is 47.3. The Morgan fingerprint density at radius 1 is 0.600 bits per heavy atom. The van der Waals surface area contributed by atoms with Gasteiger partial charge in [-0.2, -0.15) is 0 Å². The molecular weight excluding hydrogens is 1090 g/mol. The van der Waals surface area contributed by atoms with E-state index in [1.807, 2.05) is 0 Å². The van der Waals surface area contributed by atoms with Crippen LogP contribution in [0.3, 0.4) is 0 Å². The summed E-state index contributed by atoms with van der Waals surface area (Å²) in [5, 5.41) is 0. The van der Waals surface area contributed by atoms with Crippen LogP contribution in [0.15, 0.2) is 56.5 Å². The third-order valence-electron chi connectivity index (χ3n) is 15.2. The summed E-state index contributed by atoms with van der Waals surface area (Å²) < 4.78 is 2.44. The molecule has 304 valence electrons. The van der Waals surface area contributed by atoms with E-state index in [0.29, 0.717) is 11.1 Å². The van der Waals surface area contributed by atoms with E-state index in [1.54, 1.807) is 0 Å². The first-order valence-corrected chi connectivity index (χ1v) is 36.3. The molecule has 0 aliphatic heterocycles. The van der Waals surface area contributed by atoms with Crippen LogP contribution in [0.1, 0.15) is 112 Å². The van der Waals surface area contributed by atoms with Gasteiger partial charge in [0.15, 0.2) is 0 Å². The van der Waals surface area contributed by atoms with Gasteiger partial charge in [0.05, 0.1) is 16.1 Å². The van der Waals surface area contributed by atoms with Gasteiger partial charge in [0, 0.05) is 29.7 Å². The molecule has 2 aromatic carbocycles. The maximum absolute atomic E-state index is 4.93. The van der Waals surface area contributed by atoms with E-state index in [-0.39, 0.29) is 14.9 Å². The molecule has 4 fully saturated rings. The minimum atomic E-state index is -1.69. The summed E-state index contributed by atoms with van der Waals surface area (Å²) in [5.41, 5.74) is 12.2. The fraction of sp³-hybridized carbons (Fsp3) is 0.609. The third-order valence-corrected chi connectivity index (χ3v) is 28.8. The van der Waals surface area contributed by atoms with Crippen LogP contribution in [0.2, 0.25) is 37.3 Å². The fourth-order valence-electron chi connectivity index (χ4n) is 14.0. The van der Waals surface area contributed by atoms with Crippen molar-refractivity contribution in [3.05, 3.63) is 93.6 Å². The summed E-state index contributed by atoms with van der Waals surface area (Å²) in [4.78, 5) is 1.64. The number of halogens is 6. The number of rotatable bonds is 4. The van der Waals surface area contributed by atoms with Crippen molar-refractivity contribution in [2.45, 2.75) is 137 Å². The topological polar surface area (TPSA) is 0 Å². The van der Waals surface area contributed by atoms with Crippen molar-refractivity contribution in [2.75, 3.05) is 0 Å². The molecule has 0 bridgehead atoms. The summed E-state index contributed by atoms with van der Waals surface area (Å²) in [6.45, 7) is 20.7. The Morgan fingerprint density at radius 2 is 0.964 bits per heavy atom. The number of alkyl halides is 2. The van der Waals surface area contributed by atoms with Crippen molar-refractivity contribution in [3.8, 4) is 0 Å². The summed E-state index contributed by atoms with van der Waals surface area (Å²) >= 11 is 14.9. The third kappa shape index (κ3) is 9.56. The average Bonchev–Trinajstić information content (AvgIpc) is 3.83. The minimum absolute atomic E-state index is 0. The van der Waals surface area contributed by atoms with Gasteiger partial charge in [-0.1, -0.05) is 177 Å². The second-order valence-corrected chi connectivity index (χ2v) is 36.4. The Labute approximate surface area is 391 Å². The van der Waals surface area contributed by atoms with Crippen LogP contribution in [-0.4, -0.2) is 25.8 Å². The molecule has 0 aromatic heterocycles. The van der Waals surface area contributed by atoms with Gasteiger partial charge in [-0.25, -0.2) is 0 Å². The van der Waals surface area contributed by atoms with Gasteiger partial charge in [-0.3, -0.25) is 0 Å². The van der Waals surface area contributed by atoms with Crippen LogP contribution >= 0.6 is 80.7 Å². The Kier molecular flexibility index (Phi) is 18.2. The van der Waals surface area contributed by atoms with Crippen molar-refractivity contribution >= 4 is 109 Å². The second kappa shape index (κ2) is 20.3. The van der Waals surface area contributed by atoms with E-state index in [9.17, 15) is 0 Å². The number of hydrogen-bond donors (Lipinski definition) is 0. The van der Waals surface area contributed by atoms with Crippen LogP contribution in [0, 0.1) is 50.4 Å². The molecule has 12 unspecified atom stereocenters. The molecule has 0 amide bonds. The summed E-state index contributed by atoms with van der Waals surface area (Å²) in [6.07, 6.45) is 16.7. The first-order chi connectivity index (χ1) is 25.1. The molecule has 6 aliphatic rings. The molecular formula is C46H66Br4Cl2Si2Zr. The number of hydrogen-bond acceptors (Lipinski definition) is 0. The van der Waals surface area contributed by atoms with Gasteiger partial charge in [0.2, 0.25) is 0 Å². The standard InChI is InChI=1S/C22H38Br2Si.C22H22Br2Si.2CH3.2ClH.Zr/c2*1-13-11-17-15(7-5-9-19(17)23)21(13)25(3,4)22-14(2)12-18-16(22)8-6-10-20(18)24;;;;;/h13-22H,5-12H2,1-4H3;5-12,21-22H,1-4H3;2*1H3;2*1H;/q;;2*-1;;;+4/p-2. The monoisotopic (exact) mass is 1150 g/mol. The van der Waals surface area contributed by atoms with Gasteiger partial charge in [-0.15, -0.1) is 0 Å². The first-order valence-electron chi connectivity index (χ1n) is 20.2. The molecule has 0 heterocycles. The zero-order chi connectivity index (χ0) is 38.6.